The zero-order valence-corrected chi connectivity index (χ0v) is 15.5. The van der Waals surface area contributed by atoms with Crippen LogP contribution in [0.4, 0.5) is 0 Å². The Morgan fingerprint density at radius 2 is 1.93 bits per heavy atom. The second kappa shape index (κ2) is 8.43. The molecule has 8 heteroatoms. The molecule has 142 valence electrons. The van der Waals surface area contributed by atoms with Crippen LogP contribution in [0.15, 0.2) is 53.1 Å². The molecule has 0 atom stereocenters. The Hall–Kier alpha value is -3.55. The van der Waals surface area contributed by atoms with Gasteiger partial charge >= 0.3 is 0 Å². The first-order valence-corrected chi connectivity index (χ1v) is 9.10. The molecule has 1 N–H and O–H groups in total. The number of nitrogens with zero attached hydrogens (tertiary/aromatic N) is 5. The van der Waals surface area contributed by atoms with Gasteiger partial charge in [0.05, 0.1) is 12.3 Å². The second-order valence-corrected chi connectivity index (χ2v) is 6.34. The zero-order chi connectivity index (χ0) is 19.2. The van der Waals surface area contributed by atoms with Crippen LogP contribution in [-0.2, 0) is 19.3 Å². The van der Waals surface area contributed by atoms with Gasteiger partial charge in [0.25, 0.3) is 0 Å². The minimum absolute atomic E-state index is 0.484. The first kappa shape index (κ1) is 17.8. The predicted molar refractivity (Wildman–Crippen MR) is 102 cm³/mol. The second-order valence-electron chi connectivity index (χ2n) is 6.34. The largest absolute Gasteiger partial charge is 0.477 e. The molecule has 0 fully saturated rings. The summed E-state index contributed by atoms with van der Waals surface area (Å²) in [6.07, 6.45) is 4.02. The Kier molecular flexibility index (Phi) is 5.37. The molecule has 4 rings (SSSR count). The molecule has 0 spiro atoms. The van der Waals surface area contributed by atoms with Crippen LogP contribution in [0, 0.1) is 6.92 Å². The van der Waals surface area contributed by atoms with E-state index >= 15 is 0 Å². The van der Waals surface area contributed by atoms with Crippen molar-refractivity contribution in [3.8, 4) is 17.3 Å². The average molecular weight is 376 g/mol. The van der Waals surface area contributed by atoms with Crippen molar-refractivity contribution in [3.63, 3.8) is 0 Å². The lowest BCUT2D eigenvalue weighted by molar-refractivity contribution is 0.307. The van der Waals surface area contributed by atoms with E-state index in [4.69, 9.17) is 9.15 Å². The first-order chi connectivity index (χ1) is 13.8. The highest BCUT2D eigenvalue weighted by atomic mass is 16.5. The molecule has 0 saturated carbocycles. The number of aromatic nitrogens is 6. The van der Waals surface area contributed by atoms with Gasteiger partial charge in [0.15, 0.2) is 0 Å². The van der Waals surface area contributed by atoms with Gasteiger partial charge in [-0.05, 0) is 41.5 Å². The molecule has 0 bridgehead atoms. The lowest BCUT2D eigenvalue weighted by atomic mass is 10.1. The van der Waals surface area contributed by atoms with Crippen LogP contribution in [0.3, 0.4) is 0 Å². The maximum Gasteiger partial charge on any atom is 0.226 e. The molecule has 0 aliphatic rings. The van der Waals surface area contributed by atoms with Gasteiger partial charge in [-0.1, -0.05) is 24.3 Å². The first-order valence-electron chi connectivity index (χ1n) is 9.10. The van der Waals surface area contributed by atoms with Crippen molar-refractivity contribution in [2.24, 2.45) is 0 Å². The molecule has 0 saturated heterocycles. The number of rotatable bonds is 8. The molecular weight excluding hydrogens is 356 g/mol. The van der Waals surface area contributed by atoms with Gasteiger partial charge in [0, 0.05) is 30.7 Å². The van der Waals surface area contributed by atoms with E-state index in [9.17, 15) is 0 Å². The summed E-state index contributed by atoms with van der Waals surface area (Å²) in [5, 5.41) is 13.7. The molecule has 4 aromatic rings. The molecule has 0 radical (unpaired) electrons. The van der Waals surface area contributed by atoms with Gasteiger partial charge in [-0.3, -0.25) is 0 Å². The van der Waals surface area contributed by atoms with E-state index in [2.05, 4.69) is 30.6 Å². The topological polar surface area (TPSA) is 103 Å². The quantitative estimate of drug-likeness (QED) is 0.504. The maximum atomic E-state index is 5.78. The number of nitrogens with one attached hydrogen (secondary N) is 1. The van der Waals surface area contributed by atoms with E-state index in [1.54, 1.807) is 0 Å². The summed E-state index contributed by atoms with van der Waals surface area (Å²) in [7, 11) is 0. The summed E-state index contributed by atoms with van der Waals surface area (Å²) in [6, 6.07) is 13.7. The summed E-state index contributed by atoms with van der Waals surface area (Å²) >= 11 is 0. The van der Waals surface area contributed by atoms with Crippen molar-refractivity contribution in [2.45, 2.75) is 26.2 Å². The molecule has 8 nitrogen and oxygen atoms in total. The third kappa shape index (κ3) is 4.40. The summed E-state index contributed by atoms with van der Waals surface area (Å²) < 4.78 is 11.5. The van der Waals surface area contributed by atoms with E-state index in [1.807, 2.05) is 55.6 Å². The SMILES string of the molecule is Cc1oc(-c2ccccc2)nc1CCOc1ccc(CCc2nnn[nH]2)cn1. The third-order valence-electron chi connectivity index (χ3n) is 4.34. The fourth-order valence-corrected chi connectivity index (χ4v) is 2.81. The number of hydrogen-bond donors (Lipinski definition) is 1. The number of benzene rings is 1. The lowest BCUT2D eigenvalue weighted by Gasteiger charge is -2.05. The highest BCUT2D eigenvalue weighted by molar-refractivity contribution is 5.53. The molecule has 0 unspecified atom stereocenters. The van der Waals surface area contributed by atoms with E-state index in [1.165, 1.54) is 0 Å². The molecule has 0 aliphatic carbocycles. The van der Waals surface area contributed by atoms with Crippen molar-refractivity contribution in [3.05, 3.63) is 71.5 Å². The summed E-state index contributed by atoms with van der Waals surface area (Å²) in [5.74, 6) is 2.80. The highest BCUT2D eigenvalue weighted by Gasteiger charge is 2.11. The maximum absolute atomic E-state index is 5.78. The summed E-state index contributed by atoms with van der Waals surface area (Å²) in [4.78, 5) is 8.94. The van der Waals surface area contributed by atoms with Crippen molar-refractivity contribution in [2.75, 3.05) is 6.61 Å². The normalized spacial score (nSPS) is 10.9. The van der Waals surface area contributed by atoms with Crippen LogP contribution >= 0.6 is 0 Å². The zero-order valence-electron chi connectivity index (χ0n) is 15.5. The minimum atomic E-state index is 0.484. The van der Waals surface area contributed by atoms with Crippen molar-refractivity contribution >= 4 is 0 Å². The van der Waals surface area contributed by atoms with Crippen LogP contribution in [0.2, 0.25) is 0 Å². The minimum Gasteiger partial charge on any atom is -0.477 e. The molecule has 0 amide bonds. The number of ether oxygens (including phenoxy) is 1. The Morgan fingerprint density at radius 1 is 1.04 bits per heavy atom. The van der Waals surface area contributed by atoms with E-state index < -0.39 is 0 Å². The van der Waals surface area contributed by atoms with Gasteiger partial charge in [-0.25, -0.2) is 15.1 Å². The molecule has 1 aromatic carbocycles. The molecule has 0 aliphatic heterocycles. The number of oxazole rings is 1. The number of tetrazole rings is 1. The van der Waals surface area contributed by atoms with Gasteiger partial charge < -0.3 is 9.15 Å². The Labute approximate surface area is 162 Å². The lowest BCUT2D eigenvalue weighted by Crippen LogP contribution is -2.04. The van der Waals surface area contributed by atoms with E-state index in [0.29, 0.717) is 24.8 Å². The fourth-order valence-electron chi connectivity index (χ4n) is 2.81. The third-order valence-corrected chi connectivity index (χ3v) is 4.34. The van der Waals surface area contributed by atoms with Gasteiger partial charge in [0.1, 0.15) is 11.6 Å². The van der Waals surface area contributed by atoms with Crippen LogP contribution in [0.1, 0.15) is 22.8 Å². The Balaban J connectivity index is 1.28. The number of H-pyrrole nitrogens is 1. The van der Waals surface area contributed by atoms with E-state index in [0.717, 1.165) is 41.2 Å². The number of aromatic amines is 1. The Bertz CT molecular complexity index is 997. The van der Waals surface area contributed by atoms with Crippen molar-refractivity contribution in [1.29, 1.82) is 0 Å². The van der Waals surface area contributed by atoms with Gasteiger partial charge in [0.2, 0.25) is 11.8 Å². The van der Waals surface area contributed by atoms with Crippen molar-refractivity contribution in [1.82, 2.24) is 30.6 Å². The van der Waals surface area contributed by atoms with Crippen LogP contribution in [-0.4, -0.2) is 37.2 Å². The van der Waals surface area contributed by atoms with Crippen LogP contribution in [0.25, 0.3) is 11.5 Å². The fraction of sp³-hybridized carbons (Fsp3) is 0.250. The molecular formula is C20H20N6O2. The number of aryl methyl sites for hydroxylation is 3. The standard InChI is InChI=1S/C20H20N6O2/c1-14-17(22-20(28-14)16-5-3-2-4-6-16)11-12-27-19-10-8-15(13-21-19)7-9-18-23-25-26-24-18/h2-6,8,10,13H,7,9,11-12H2,1H3,(H,23,24,25,26). The predicted octanol–water partition coefficient (Wildman–Crippen LogP) is 2.96. The molecule has 3 heterocycles. The smallest absolute Gasteiger partial charge is 0.226 e. The summed E-state index contributed by atoms with van der Waals surface area (Å²) in [5.41, 5.74) is 2.97. The van der Waals surface area contributed by atoms with Gasteiger partial charge in [-0.2, -0.15) is 0 Å². The van der Waals surface area contributed by atoms with Crippen LogP contribution in [0.5, 0.6) is 5.88 Å². The van der Waals surface area contributed by atoms with Gasteiger partial charge in [-0.15, -0.1) is 5.10 Å². The summed E-state index contributed by atoms with van der Waals surface area (Å²) in [6.45, 7) is 2.41. The van der Waals surface area contributed by atoms with Crippen LogP contribution < -0.4 is 4.74 Å². The Morgan fingerprint density at radius 3 is 2.68 bits per heavy atom. The highest BCUT2D eigenvalue weighted by Crippen LogP contribution is 2.21. The average Bonchev–Trinajstić information content (AvgIpc) is 3.38. The molecule has 28 heavy (non-hydrogen) atoms. The number of pyridine rings is 1. The monoisotopic (exact) mass is 376 g/mol. The van der Waals surface area contributed by atoms with Crippen molar-refractivity contribution < 1.29 is 9.15 Å². The molecule has 3 aromatic heterocycles. The number of hydrogen-bond acceptors (Lipinski definition) is 7. The van der Waals surface area contributed by atoms with E-state index in [-0.39, 0.29) is 0 Å².